The molecule has 1 saturated heterocycles. The molecule has 2 heterocycles. The number of rotatable bonds is 3. The fourth-order valence-electron chi connectivity index (χ4n) is 2.56. The van der Waals surface area contributed by atoms with E-state index in [0.717, 1.165) is 6.42 Å². The Morgan fingerprint density at radius 3 is 2.76 bits per heavy atom. The van der Waals surface area contributed by atoms with E-state index < -0.39 is 0 Å². The number of hydrogen-bond donors (Lipinski definition) is 0. The lowest BCUT2D eigenvalue weighted by Gasteiger charge is -2.32. The molecule has 0 aliphatic carbocycles. The van der Waals surface area contributed by atoms with Gasteiger partial charge in [0.25, 0.3) is 5.91 Å². The van der Waals surface area contributed by atoms with Crippen molar-refractivity contribution in [2.24, 2.45) is 0 Å². The number of carbonyl (C=O) groups is 1. The monoisotopic (exact) mass is 282 g/mol. The van der Waals surface area contributed by atoms with E-state index in [9.17, 15) is 4.79 Å². The third-order valence-corrected chi connectivity index (χ3v) is 3.62. The Balaban J connectivity index is 1.64. The minimum absolute atomic E-state index is 0.0167. The predicted octanol–water partition coefficient (Wildman–Crippen LogP) is 2.17. The van der Waals surface area contributed by atoms with E-state index in [2.05, 4.69) is 17.1 Å². The van der Waals surface area contributed by atoms with Crippen LogP contribution < -0.4 is 0 Å². The summed E-state index contributed by atoms with van der Waals surface area (Å²) in [6, 6.07) is 15.6. The number of pyridine rings is 1. The molecule has 0 bridgehead atoms. The summed E-state index contributed by atoms with van der Waals surface area (Å²) in [7, 11) is 0. The number of hydrogen-bond acceptors (Lipinski definition) is 3. The quantitative estimate of drug-likeness (QED) is 0.866. The Morgan fingerprint density at radius 2 is 2.00 bits per heavy atom. The first-order chi connectivity index (χ1) is 10.3. The fraction of sp³-hybridized carbons (Fsp3) is 0.294. The average molecular weight is 282 g/mol. The van der Waals surface area contributed by atoms with Crippen molar-refractivity contribution in [1.29, 1.82) is 0 Å². The summed E-state index contributed by atoms with van der Waals surface area (Å²) in [5, 5.41) is 0. The molecule has 1 fully saturated rings. The van der Waals surface area contributed by atoms with Gasteiger partial charge in [-0.15, -0.1) is 0 Å². The lowest BCUT2D eigenvalue weighted by molar-refractivity contribution is -0.0210. The second-order valence-corrected chi connectivity index (χ2v) is 5.15. The van der Waals surface area contributed by atoms with Crippen LogP contribution in [-0.4, -0.2) is 41.6 Å². The predicted molar refractivity (Wildman–Crippen MR) is 80.0 cm³/mol. The highest BCUT2D eigenvalue weighted by Crippen LogP contribution is 2.13. The van der Waals surface area contributed by atoms with Gasteiger partial charge in [0.1, 0.15) is 5.69 Å². The topological polar surface area (TPSA) is 42.4 Å². The summed E-state index contributed by atoms with van der Waals surface area (Å²) in [6.07, 6.45) is 2.52. The molecule has 1 atom stereocenters. The summed E-state index contributed by atoms with van der Waals surface area (Å²) < 4.78 is 5.78. The van der Waals surface area contributed by atoms with Gasteiger partial charge in [0, 0.05) is 25.7 Å². The molecular formula is C17H18N2O2. The van der Waals surface area contributed by atoms with E-state index in [1.165, 1.54) is 5.56 Å². The second kappa shape index (κ2) is 6.50. The molecular weight excluding hydrogens is 264 g/mol. The maximum Gasteiger partial charge on any atom is 0.272 e. The molecule has 0 radical (unpaired) electrons. The molecule has 1 aliphatic heterocycles. The Kier molecular flexibility index (Phi) is 4.26. The van der Waals surface area contributed by atoms with Gasteiger partial charge >= 0.3 is 0 Å². The second-order valence-electron chi connectivity index (χ2n) is 5.15. The molecule has 4 nitrogen and oxygen atoms in total. The van der Waals surface area contributed by atoms with Crippen molar-refractivity contribution in [1.82, 2.24) is 9.88 Å². The Bertz CT molecular complexity index is 586. The van der Waals surface area contributed by atoms with Crippen molar-refractivity contribution in [2.45, 2.75) is 12.5 Å². The maximum atomic E-state index is 12.4. The molecule has 21 heavy (non-hydrogen) atoms. The Morgan fingerprint density at radius 1 is 1.19 bits per heavy atom. The highest BCUT2D eigenvalue weighted by atomic mass is 16.5. The van der Waals surface area contributed by atoms with Gasteiger partial charge in [-0.3, -0.25) is 9.78 Å². The summed E-state index contributed by atoms with van der Waals surface area (Å²) in [4.78, 5) is 18.4. The zero-order valence-electron chi connectivity index (χ0n) is 11.8. The number of benzene rings is 1. The summed E-state index contributed by atoms with van der Waals surface area (Å²) in [5.74, 6) is -0.0167. The zero-order valence-corrected chi connectivity index (χ0v) is 11.8. The van der Waals surface area contributed by atoms with Crippen molar-refractivity contribution < 1.29 is 9.53 Å². The van der Waals surface area contributed by atoms with Crippen molar-refractivity contribution in [2.75, 3.05) is 19.7 Å². The molecule has 1 aromatic carbocycles. The molecule has 0 saturated carbocycles. The molecule has 3 rings (SSSR count). The van der Waals surface area contributed by atoms with E-state index in [1.54, 1.807) is 12.3 Å². The van der Waals surface area contributed by atoms with Crippen LogP contribution in [-0.2, 0) is 11.2 Å². The van der Waals surface area contributed by atoms with E-state index in [0.29, 0.717) is 25.4 Å². The molecule has 2 aromatic rings. The summed E-state index contributed by atoms with van der Waals surface area (Å²) in [5.41, 5.74) is 1.73. The molecule has 1 amide bonds. The molecule has 0 spiro atoms. The van der Waals surface area contributed by atoms with Gasteiger partial charge in [-0.2, -0.15) is 0 Å². The number of morpholine rings is 1. The number of aromatic nitrogens is 1. The van der Waals surface area contributed by atoms with Gasteiger partial charge in [-0.25, -0.2) is 0 Å². The molecule has 1 aliphatic rings. The number of amides is 1. The number of nitrogens with zero attached hydrogens (tertiary/aromatic N) is 2. The van der Waals surface area contributed by atoms with Crippen LogP contribution in [0.5, 0.6) is 0 Å². The van der Waals surface area contributed by atoms with E-state index >= 15 is 0 Å². The van der Waals surface area contributed by atoms with Crippen LogP contribution >= 0.6 is 0 Å². The van der Waals surface area contributed by atoms with Crippen molar-refractivity contribution >= 4 is 5.91 Å². The van der Waals surface area contributed by atoms with Gasteiger partial charge in [0.15, 0.2) is 0 Å². The van der Waals surface area contributed by atoms with E-state index in [4.69, 9.17) is 4.74 Å². The lowest BCUT2D eigenvalue weighted by Crippen LogP contribution is -2.46. The fourth-order valence-corrected chi connectivity index (χ4v) is 2.56. The van der Waals surface area contributed by atoms with Gasteiger partial charge in [0.2, 0.25) is 0 Å². The standard InChI is InChI=1S/C17H18N2O2/c20-17(16-8-4-5-9-18-16)19-10-11-21-15(13-19)12-14-6-2-1-3-7-14/h1-9,15H,10-13H2/t15-/m1/s1. The van der Waals surface area contributed by atoms with Crippen molar-refractivity contribution in [3.8, 4) is 0 Å². The van der Waals surface area contributed by atoms with Gasteiger partial charge in [-0.1, -0.05) is 36.4 Å². The maximum absolute atomic E-state index is 12.4. The molecule has 0 unspecified atom stereocenters. The first kappa shape index (κ1) is 13.8. The van der Waals surface area contributed by atoms with Crippen LogP contribution in [0.3, 0.4) is 0 Å². The largest absolute Gasteiger partial charge is 0.374 e. The number of carbonyl (C=O) groups excluding carboxylic acids is 1. The Hall–Kier alpha value is -2.20. The smallest absolute Gasteiger partial charge is 0.272 e. The minimum atomic E-state index is -0.0167. The van der Waals surface area contributed by atoms with Gasteiger partial charge in [-0.05, 0) is 17.7 Å². The molecule has 108 valence electrons. The molecule has 4 heteroatoms. The Labute approximate surface area is 124 Å². The SMILES string of the molecule is O=C(c1ccccn1)N1CCO[C@H](Cc2ccccc2)C1. The number of ether oxygens (including phenoxy) is 1. The normalized spacial score (nSPS) is 18.5. The van der Waals surface area contributed by atoms with E-state index in [1.807, 2.05) is 35.2 Å². The van der Waals surface area contributed by atoms with Crippen molar-refractivity contribution in [3.63, 3.8) is 0 Å². The molecule has 0 N–H and O–H groups in total. The average Bonchev–Trinajstić information content (AvgIpc) is 2.56. The van der Waals surface area contributed by atoms with Gasteiger partial charge < -0.3 is 9.64 Å². The highest BCUT2D eigenvalue weighted by Gasteiger charge is 2.25. The van der Waals surface area contributed by atoms with Crippen LogP contribution in [0.15, 0.2) is 54.7 Å². The van der Waals surface area contributed by atoms with Crippen LogP contribution in [0.4, 0.5) is 0 Å². The summed E-state index contributed by atoms with van der Waals surface area (Å²) >= 11 is 0. The van der Waals surface area contributed by atoms with Crippen molar-refractivity contribution in [3.05, 3.63) is 66.0 Å². The lowest BCUT2D eigenvalue weighted by atomic mass is 10.1. The zero-order chi connectivity index (χ0) is 14.5. The summed E-state index contributed by atoms with van der Waals surface area (Å²) in [6.45, 7) is 1.82. The van der Waals surface area contributed by atoms with Gasteiger partial charge in [0.05, 0.1) is 12.7 Å². The van der Waals surface area contributed by atoms with E-state index in [-0.39, 0.29) is 12.0 Å². The van der Waals surface area contributed by atoms with Crippen LogP contribution in [0, 0.1) is 0 Å². The van der Waals surface area contributed by atoms with Crippen LogP contribution in [0.2, 0.25) is 0 Å². The van der Waals surface area contributed by atoms with Crippen LogP contribution in [0.25, 0.3) is 0 Å². The first-order valence-electron chi connectivity index (χ1n) is 7.19. The first-order valence-corrected chi connectivity index (χ1v) is 7.19. The third-order valence-electron chi connectivity index (χ3n) is 3.62. The van der Waals surface area contributed by atoms with Crippen LogP contribution in [0.1, 0.15) is 16.1 Å². The third kappa shape index (κ3) is 3.47. The molecule has 1 aromatic heterocycles. The highest BCUT2D eigenvalue weighted by molar-refractivity contribution is 5.92. The minimum Gasteiger partial charge on any atom is -0.374 e.